The topological polar surface area (TPSA) is 78.8 Å². The zero-order valence-electron chi connectivity index (χ0n) is 9.01. The van der Waals surface area contributed by atoms with Crippen molar-refractivity contribution in [2.45, 2.75) is 26.3 Å². The van der Waals surface area contributed by atoms with Crippen LogP contribution in [0.3, 0.4) is 0 Å². The normalized spacial score (nSPS) is 10.0. The summed E-state index contributed by atoms with van der Waals surface area (Å²) in [5.74, 6) is 1.12. The molecule has 0 radical (unpaired) electrons. The van der Waals surface area contributed by atoms with Crippen LogP contribution in [0, 0.1) is 11.3 Å². The van der Waals surface area contributed by atoms with Crippen molar-refractivity contribution >= 4 is 11.6 Å². The SMILES string of the molecule is CC(C)N(CCC#N)c1cncc(N)n1. The minimum atomic E-state index is 0.273. The van der Waals surface area contributed by atoms with Gasteiger partial charge in [-0.15, -0.1) is 0 Å². The average molecular weight is 205 g/mol. The Hall–Kier alpha value is -1.83. The van der Waals surface area contributed by atoms with E-state index in [4.69, 9.17) is 11.0 Å². The molecule has 2 N–H and O–H groups in total. The predicted molar refractivity (Wildman–Crippen MR) is 59.2 cm³/mol. The van der Waals surface area contributed by atoms with E-state index in [1.807, 2.05) is 18.7 Å². The lowest BCUT2D eigenvalue weighted by Crippen LogP contribution is -2.32. The molecule has 0 amide bonds. The highest BCUT2D eigenvalue weighted by Gasteiger charge is 2.11. The fourth-order valence-corrected chi connectivity index (χ4v) is 1.32. The van der Waals surface area contributed by atoms with E-state index >= 15 is 0 Å². The third-order valence-electron chi connectivity index (χ3n) is 2.02. The summed E-state index contributed by atoms with van der Waals surface area (Å²) in [5, 5.41) is 8.56. The first-order valence-corrected chi connectivity index (χ1v) is 4.86. The lowest BCUT2D eigenvalue weighted by molar-refractivity contribution is 0.675. The highest BCUT2D eigenvalue weighted by Crippen LogP contribution is 2.14. The van der Waals surface area contributed by atoms with Gasteiger partial charge in [-0.3, -0.25) is 4.98 Å². The second-order valence-corrected chi connectivity index (χ2v) is 3.50. The summed E-state index contributed by atoms with van der Waals surface area (Å²) < 4.78 is 0. The standard InChI is InChI=1S/C10H15N5/c1-8(2)15(5-3-4-11)10-7-13-6-9(12)14-10/h6-8H,3,5H2,1-2H3,(H2,12,14). The molecular formula is C10H15N5. The van der Waals surface area contributed by atoms with Gasteiger partial charge >= 0.3 is 0 Å². The molecule has 0 aliphatic rings. The summed E-state index contributed by atoms with van der Waals surface area (Å²) in [4.78, 5) is 10.2. The van der Waals surface area contributed by atoms with Crippen LogP contribution < -0.4 is 10.6 Å². The monoisotopic (exact) mass is 205 g/mol. The fraction of sp³-hybridized carbons (Fsp3) is 0.500. The maximum atomic E-state index is 8.56. The molecule has 0 saturated heterocycles. The van der Waals surface area contributed by atoms with E-state index in [1.54, 1.807) is 6.20 Å². The Balaban J connectivity index is 2.84. The van der Waals surface area contributed by atoms with Crippen molar-refractivity contribution in [2.75, 3.05) is 17.2 Å². The van der Waals surface area contributed by atoms with Gasteiger partial charge in [-0.05, 0) is 13.8 Å². The molecule has 0 aliphatic carbocycles. The van der Waals surface area contributed by atoms with Gasteiger partial charge in [-0.25, -0.2) is 4.98 Å². The summed E-state index contributed by atoms with van der Waals surface area (Å²) in [7, 11) is 0. The zero-order valence-corrected chi connectivity index (χ0v) is 9.01. The van der Waals surface area contributed by atoms with Gasteiger partial charge in [0.25, 0.3) is 0 Å². The van der Waals surface area contributed by atoms with Gasteiger partial charge < -0.3 is 10.6 Å². The quantitative estimate of drug-likeness (QED) is 0.798. The molecule has 1 heterocycles. The van der Waals surface area contributed by atoms with Gasteiger partial charge in [0.2, 0.25) is 0 Å². The molecule has 80 valence electrons. The molecule has 0 aromatic carbocycles. The Morgan fingerprint density at radius 1 is 1.53 bits per heavy atom. The van der Waals surface area contributed by atoms with Gasteiger partial charge in [-0.2, -0.15) is 5.26 Å². The van der Waals surface area contributed by atoms with Crippen LogP contribution in [0.4, 0.5) is 11.6 Å². The van der Waals surface area contributed by atoms with Crippen molar-refractivity contribution in [1.82, 2.24) is 9.97 Å². The number of hydrogen-bond donors (Lipinski definition) is 1. The lowest BCUT2D eigenvalue weighted by atomic mass is 10.3. The largest absolute Gasteiger partial charge is 0.382 e. The number of aromatic nitrogens is 2. The van der Waals surface area contributed by atoms with Crippen molar-refractivity contribution in [2.24, 2.45) is 0 Å². The highest BCUT2D eigenvalue weighted by atomic mass is 15.2. The van der Waals surface area contributed by atoms with Gasteiger partial charge in [0.15, 0.2) is 0 Å². The zero-order chi connectivity index (χ0) is 11.3. The first kappa shape index (κ1) is 11.2. The molecule has 1 rings (SSSR count). The van der Waals surface area contributed by atoms with Crippen LogP contribution in [0.25, 0.3) is 0 Å². The van der Waals surface area contributed by atoms with E-state index < -0.39 is 0 Å². The van der Waals surface area contributed by atoms with Crippen LogP contribution in [0.5, 0.6) is 0 Å². The number of hydrogen-bond acceptors (Lipinski definition) is 5. The number of nitriles is 1. The van der Waals surface area contributed by atoms with Gasteiger partial charge in [0.1, 0.15) is 11.6 Å². The van der Waals surface area contributed by atoms with Crippen LogP contribution in [0.15, 0.2) is 12.4 Å². The fourth-order valence-electron chi connectivity index (χ4n) is 1.32. The highest BCUT2D eigenvalue weighted by molar-refractivity contribution is 5.42. The summed E-state index contributed by atoms with van der Waals surface area (Å²) in [6, 6.07) is 2.39. The summed E-state index contributed by atoms with van der Waals surface area (Å²) in [6.07, 6.45) is 3.63. The van der Waals surface area contributed by atoms with E-state index in [2.05, 4.69) is 16.0 Å². The van der Waals surface area contributed by atoms with Crippen LogP contribution in [-0.4, -0.2) is 22.6 Å². The number of nitrogen functional groups attached to an aromatic ring is 1. The van der Waals surface area contributed by atoms with Crippen LogP contribution >= 0.6 is 0 Å². The van der Waals surface area contributed by atoms with Crippen LogP contribution in [0.2, 0.25) is 0 Å². The average Bonchev–Trinajstić information content (AvgIpc) is 2.18. The van der Waals surface area contributed by atoms with Crippen molar-refractivity contribution in [3.63, 3.8) is 0 Å². The molecule has 1 aromatic rings. The van der Waals surface area contributed by atoms with Crippen LogP contribution in [0.1, 0.15) is 20.3 Å². The van der Waals surface area contributed by atoms with Crippen LogP contribution in [-0.2, 0) is 0 Å². The first-order valence-electron chi connectivity index (χ1n) is 4.86. The third-order valence-corrected chi connectivity index (χ3v) is 2.02. The van der Waals surface area contributed by atoms with Gasteiger partial charge in [0.05, 0.1) is 24.9 Å². The molecule has 0 bridgehead atoms. The first-order chi connectivity index (χ1) is 7.15. The summed E-state index contributed by atoms with van der Waals surface area (Å²) >= 11 is 0. The number of nitrogens with zero attached hydrogens (tertiary/aromatic N) is 4. The lowest BCUT2D eigenvalue weighted by Gasteiger charge is -2.26. The Bertz CT molecular complexity index is 355. The molecule has 5 nitrogen and oxygen atoms in total. The van der Waals surface area contributed by atoms with E-state index in [9.17, 15) is 0 Å². The Morgan fingerprint density at radius 2 is 2.27 bits per heavy atom. The van der Waals surface area contributed by atoms with E-state index in [1.165, 1.54) is 6.20 Å². The maximum absolute atomic E-state index is 8.56. The molecule has 15 heavy (non-hydrogen) atoms. The minimum Gasteiger partial charge on any atom is -0.382 e. The Labute approximate surface area is 89.6 Å². The smallest absolute Gasteiger partial charge is 0.149 e. The van der Waals surface area contributed by atoms with Gasteiger partial charge in [-0.1, -0.05) is 0 Å². The molecule has 0 aliphatic heterocycles. The van der Waals surface area contributed by atoms with Crippen molar-refractivity contribution in [1.29, 1.82) is 5.26 Å². The molecule has 0 saturated carbocycles. The molecule has 0 fully saturated rings. The third kappa shape index (κ3) is 3.09. The summed E-state index contributed by atoms with van der Waals surface area (Å²) in [5.41, 5.74) is 5.56. The molecule has 5 heteroatoms. The number of nitrogens with two attached hydrogens (primary N) is 1. The second kappa shape index (κ2) is 5.15. The number of rotatable bonds is 4. The molecule has 0 spiro atoms. The van der Waals surface area contributed by atoms with Crippen molar-refractivity contribution in [3.05, 3.63) is 12.4 Å². The molecule has 0 unspecified atom stereocenters. The Morgan fingerprint density at radius 3 is 2.80 bits per heavy atom. The molecule has 0 atom stereocenters. The van der Waals surface area contributed by atoms with Crippen molar-refractivity contribution < 1.29 is 0 Å². The molecular weight excluding hydrogens is 190 g/mol. The number of anilines is 2. The second-order valence-electron chi connectivity index (χ2n) is 3.50. The maximum Gasteiger partial charge on any atom is 0.149 e. The predicted octanol–water partition coefficient (Wildman–Crippen LogP) is 1.19. The van der Waals surface area contributed by atoms with Gasteiger partial charge in [0, 0.05) is 12.6 Å². The molecule has 1 aromatic heterocycles. The summed E-state index contributed by atoms with van der Waals surface area (Å²) in [6.45, 7) is 4.73. The van der Waals surface area contributed by atoms with Crippen molar-refractivity contribution in [3.8, 4) is 6.07 Å². The minimum absolute atomic E-state index is 0.273. The Kier molecular flexibility index (Phi) is 3.86. The van der Waals surface area contributed by atoms with E-state index in [-0.39, 0.29) is 6.04 Å². The van der Waals surface area contributed by atoms with E-state index in [0.717, 1.165) is 5.82 Å². The van der Waals surface area contributed by atoms with E-state index in [0.29, 0.717) is 18.8 Å².